The molecule has 0 saturated carbocycles. The minimum atomic E-state index is -0.961. The standard InChI is InChI=1S/C15H22NO2P/c1-4-10-16(11-14-8-6-5-7-9-14)19-17-12-15(2,3)13-18-19/h4-9H,1,10-13H2,2-3H3. The Morgan fingerprint density at radius 2 is 1.89 bits per heavy atom. The Morgan fingerprint density at radius 3 is 2.47 bits per heavy atom. The van der Waals surface area contributed by atoms with Crippen molar-refractivity contribution in [1.82, 2.24) is 4.67 Å². The molecule has 1 aliphatic rings. The first-order valence-electron chi connectivity index (χ1n) is 6.56. The molecular weight excluding hydrogens is 257 g/mol. The molecule has 0 atom stereocenters. The second-order valence-electron chi connectivity index (χ2n) is 5.57. The third kappa shape index (κ3) is 4.39. The molecule has 1 aromatic rings. The second kappa shape index (κ2) is 6.62. The first-order valence-corrected chi connectivity index (χ1v) is 7.69. The van der Waals surface area contributed by atoms with Gasteiger partial charge in [-0.2, -0.15) is 0 Å². The van der Waals surface area contributed by atoms with Gasteiger partial charge in [0.05, 0.1) is 13.2 Å². The summed E-state index contributed by atoms with van der Waals surface area (Å²) in [6, 6.07) is 10.4. The quantitative estimate of drug-likeness (QED) is 0.601. The highest BCUT2D eigenvalue weighted by Gasteiger charge is 2.32. The van der Waals surface area contributed by atoms with E-state index < -0.39 is 8.53 Å². The highest BCUT2D eigenvalue weighted by Crippen LogP contribution is 2.49. The van der Waals surface area contributed by atoms with E-state index in [1.165, 1.54) is 5.56 Å². The molecule has 1 saturated heterocycles. The van der Waals surface area contributed by atoms with Gasteiger partial charge in [-0.1, -0.05) is 50.3 Å². The third-order valence-corrected chi connectivity index (χ3v) is 4.38. The molecule has 0 amide bonds. The smallest absolute Gasteiger partial charge is 0.259 e. The molecule has 0 aliphatic carbocycles. The molecule has 2 rings (SSSR count). The van der Waals surface area contributed by atoms with Crippen LogP contribution in [0.25, 0.3) is 0 Å². The molecule has 0 aromatic heterocycles. The molecule has 104 valence electrons. The number of hydrogen-bond acceptors (Lipinski definition) is 3. The molecule has 0 spiro atoms. The molecular formula is C15H22NO2P. The fourth-order valence-corrected chi connectivity index (χ4v) is 3.68. The van der Waals surface area contributed by atoms with Gasteiger partial charge in [0, 0.05) is 18.5 Å². The zero-order valence-electron chi connectivity index (χ0n) is 11.7. The zero-order valence-corrected chi connectivity index (χ0v) is 12.6. The minimum Gasteiger partial charge on any atom is -0.321 e. The molecule has 1 heterocycles. The van der Waals surface area contributed by atoms with E-state index in [1.807, 2.05) is 12.1 Å². The number of benzene rings is 1. The van der Waals surface area contributed by atoms with E-state index in [1.54, 1.807) is 0 Å². The zero-order chi connectivity index (χ0) is 13.7. The lowest BCUT2D eigenvalue weighted by Gasteiger charge is -2.38. The molecule has 1 fully saturated rings. The molecule has 0 bridgehead atoms. The average Bonchev–Trinajstić information content (AvgIpc) is 2.39. The molecule has 0 radical (unpaired) electrons. The van der Waals surface area contributed by atoms with Gasteiger partial charge in [-0.3, -0.25) is 0 Å². The topological polar surface area (TPSA) is 21.7 Å². The van der Waals surface area contributed by atoms with Crippen LogP contribution in [0, 0.1) is 5.41 Å². The Labute approximate surface area is 117 Å². The first kappa shape index (κ1) is 14.7. The predicted molar refractivity (Wildman–Crippen MR) is 79.7 cm³/mol. The summed E-state index contributed by atoms with van der Waals surface area (Å²) in [5.41, 5.74) is 1.38. The van der Waals surface area contributed by atoms with Gasteiger partial charge in [0.25, 0.3) is 8.53 Å². The Balaban J connectivity index is 1.98. The molecule has 3 nitrogen and oxygen atoms in total. The predicted octanol–water partition coefficient (Wildman–Crippen LogP) is 3.97. The van der Waals surface area contributed by atoms with Crippen molar-refractivity contribution in [1.29, 1.82) is 0 Å². The van der Waals surface area contributed by atoms with Crippen LogP contribution in [0.15, 0.2) is 43.0 Å². The Morgan fingerprint density at radius 1 is 1.26 bits per heavy atom. The van der Waals surface area contributed by atoms with Crippen molar-refractivity contribution >= 4 is 8.53 Å². The van der Waals surface area contributed by atoms with Gasteiger partial charge in [0.1, 0.15) is 0 Å². The Hall–Kier alpha value is -0.730. The fourth-order valence-electron chi connectivity index (χ4n) is 1.83. The molecule has 19 heavy (non-hydrogen) atoms. The van der Waals surface area contributed by atoms with E-state index in [-0.39, 0.29) is 5.41 Å². The fraction of sp³-hybridized carbons (Fsp3) is 0.467. The molecule has 0 unspecified atom stereocenters. The maximum Gasteiger partial charge on any atom is 0.259 e. The Kier molecular flexibility index (Phi) is 5.12. The normalized spacial score (nSPS) is 19.5. The van der Waals surface area contributed by atoms with Crippen LogP contribution in [0.5, 0.6) is 0 Å². The summed E-state index contributed by atoms with van der Waals surface area (Å²) in [4.78, 5) is 0. The van der Waals surface area contributed by atoms with Crippen LogP contribution in [0.3, 0.4) is 0 Å². The SMILES string of the molecule is C=CCN(Cc1ccccc1)P1OCC(C)(C)CO1. The summed E-state index contributed by atoms with van der Waals surface area (Å²) in [5, 5.41) is 0. The van der Waals surface area contributed by atoms with Crippen molar-refractivity contribution in [2.45, 2.75) is 20.4 Å². The van der Waals surface area contributed by atoms with E-state index >= 15 is 0 Å². The maximum absolute atomic E-state index is 5.90. The second-order valence-corrected chi connectivity index (χ2v) is 7.13. The van der Waals surface area contributed by atoms with Crippen LogP contribution in [0.4, 0.5) is 0 Å². The van der Waals surface area contributed by atoms with Gasteiger partial charge < -0.3 is 9.05 Å². The van der Waals surface area contributed by atoms with Gasteiger partial charge in [-0.25, -0.2) is 4.67 Å². The van der Waals surface area contributed by atoms with Crippen molar-refractivity contribution in [3.8, 4) is 0 Å². The van der Waals surface area contributed by atoms with E-state index in [4.69, 9.17) is 9.05 Å². The van der Waals surface area contributed by atoms with Crippen molar-refractivity contribution in [3.05, 3.63) is 48.6 Å². The van der Waals surface area contributed by atoms with Crippen LogP contribution in [-0.2, 0) is 15.6 Å². The lowest BCUT2D eigenvalue weighted by molar-refractivity contribution is 0.0450. The van der Waals surface area contributed by atoms with E-state index in [9.17, 15) is 0 Å². The largest absolute Gasteiger partial charge is 0.321 e. The van der Waals surface area contributed by atoms with Gasteiger partial charge in [-0.15, -0.1) is 6.58 Å². The first-order chi connectivity index (χ1) is 9.11. The van der Waals surface area contributed by atoms with Crippen molar-refractivity contribution < 1.29 is 9.05 Å². The summed E-state index contributed by atoms with van der Waals surface area (Å²) in [6.07, 6.45) is 1.90. The number of hydrogen-bond donors (Lipinski definition) is 0. The maximum atomic E-state index is 5.90. The minimum absolute atomic E-state index is 0.116. The van der Waals surface area contributed by atoms with E-state index in [2.05, 4.69) is 49.4 Å². The lowest BCUT2D eigenvalue weighted by Crippen LogP contribution is -2.32. The molecule has 1 aliphatic heterocycles. The monoisotopic (exact) mass is 279 g/mol. The van der Waals surface area contributed by atoms with Crippen molar-refractivity contribution in [3.63, 3.8) is 0 Å². The van der Waals surface area contributed by atoms with Crippen molar-refractivity contribution in [2.24, 2.45) is 5.41 Å². The number of nitrogens with zero attached hydrogens (tertiary/aromatic N) is 1. The van der Waals surface area contributed by atoms with Gasteiger partial charge in [0.15, 0.2) is 0 Å². The molecule has 0 N–H and O–H groups in total. The third-order valence-electron chi connectivity index (χ3n) is 2.91. The average molecular weight is 279 g/mol. The summed E-state index contributed by atoms with van der Waals surface area (Å²) in [5.74, 6) is 0. The summed E-state index contributed by atoms with van der Waals surface area (Å²) >= 11 is 0. The summed E-state index contributed by atoms with van der Waals surface area (Å²) in [7, 11) is -0.961. The molecule has 4 heteroatoms. The number of rotatable bonds is 5. The summed E-state index contributed by atoms with van der Waals surface area (Å²) in [6.45, 7) is 11.3. The van der Waals surface area contributed by atoms with Crippen molar-refractivity contribution in [2.75, 3.05) is 19.8 Å². The summed E-state index contributed by atoms with van der Waals surface area (Å²) < 4.78 is 14.0. The highest BCUT2D eigenvalue weighted by atomic mass is 31.2. The van der Waals surface area contributed by atoms with Gasteiger partial charge >= 0.3 is 0 Å². The van der Waals surface area contributed by atoms with Gasteiger partial charge in [0.2, 0.25) is 0 Å². The lowest BCUT2D eigenvalue weighted by atomic mass is 9.97. The van der Waals surface area contributed by atoms with E-state index in [0.717, 1.165) is 26.3 Å². The van der Waals surface area contributed by atoms with Gasteiger partial charge in [-0.05, 0) is 5.56 Å². The van der Waals surface area contributed by atoms with Crippen LogP contribution < -0.4 is 0 Å². The van der Waals surface area contributed by atoms with E-state index in [0.29, 0.717) is 0 Å². The van der Waals surface area contributed by atoms with Crippen LogP contribution in [0.1, 0.15) is 19.4 Å². The van der Waals surface area contributed by atoms with Crippen LogP contribution >= 0.6 is 8.53 Å². The van der Waals surface area contributed by atoms with Crippen LogP contribution in [-0.4, -0.2) is 24.4 Å². The Bertz CT molecular complexity index is 398. The molecule has 1 aromatic carbocycles. The highest BCUT2D eigenvalue weighted by molar-refractivity contribution is 7.44. The van der Waals surface area contributed by atoms with Crippen LogP contribution in [0.2, 0.25) is 0 Å².